The van der Waals surface area contributed by atoms with Gasteiger partial charge in [-0.25, -0.2) is 4.79 Å². The number of benzene rings is 2. The first-order valence-corrected chi connectivity index (χ1v) is 7.66. The summed E-state index contributed by atoms with van der Waals surface area (Å²) in [7, 11) is 0. The normalized spacial score (nSPS) is 10.7. The second-order valence-electron chi connectivity index (χ2n) is 5.21. The number of nitriles is 2. The highest BCUT2D eigenvalue weighted by molar-refractivity contribution is 5.95. The number of carbonyl (C=O) groups is 2. The predicted molar refractivity (Wildman–Crippen MR) is 92.0 cm³/mol. The first kappa shape index (κ1) is 18.5. The van der Waals surface area contributed by atoms with Crippen LogP contribution in [0.5, 0.6) is 5.75 Å². The fraction of sp³-hybridized carbons (Fsp3) is 0.158. The van der Waals surface area contributed by atoms with Crippen molar-refractivity contribution in [1.82, 2.24) is 0 Å². The molecule has 0 radical (unpaired) electrons. The average molecular weight is 349 g/mol. The van der Waals surface area contributed by atoms with Gasteiger partial charge in [-0.15, -0.1) is 0 Å². The van der Waals surface area contributed by atoms with Crippen molar-refractivity contribution in [2.24, 2.45) is 0 Å². The van der Waals surface area contributed by atoms with Crippen molar-refractivity contribution in [2.45, 2.75) is 13.0 Å². The van der Waals surface area contributed by atoms with Crippen LogP contribution in [0, 0.1) is 22.7 Å². The molecule has 2 aromatic carbocycles. The topological polar surface area (TPSA) is 112 Å². The van der Waals surface area contributed by atoms with Crippen LogP contribution in [0.3, 0.4) is 0 Å². The zero-order valence-electron chi connectivity index (χ0n) is 13.9. The summed E-state index contributed by atoms with van der Waals surface area (Å²) in [4.78, 5) is 23.9. The van der Waals surface area contributed by atoms with E-state index in [1.165, 1.54) is 13.0 Å². The number of rotatable bonds is 6. The van der Waals surface area contributed by atoms with Gasteiger partial charge in [0.05, 0.1) is 17.2 Å². The van der Waals surface area contributed by atoms with E-state index in [2.05, 4.69) is 5.32 Å². The van der Waals surface area contributed by atoms with Crippen molar-refractivity contribution in [3.05, 3.63) is 59.7 Å². The molecule has 0 bridgehead atoms. The molecule has 0 heterocycles. The van der Waals surface area contributed by atoms with Gasteiger partial charge in [-0.05, 0) is 37.3 Å². The zero-order chi connectivity index (χ0) is 18.9. The van der Waals surface area contributed by atoms with E-state index in [0.29, 0.717) is 16.8 Å². The minimum atomic E-state index is -1.05. The van der Waals surface area contributed by atoms with E-state index in [4.69, 9.17) is 20.0 Å². The highest BCUT2D eigenvalue weighted by atomic mass is 16.6. The molecule has 130 valence electrons. The van der Waals surface area contributed by atoms with E-state index in [1.807, 2.05) is 12.1 Å². The molecule has 0 saturated carbocycles. The molecule has 1 atom stereocenters. The number of carbonyl (C=O) groups excluding carboxylic acids is 2. The molecule has 0 aliphatic carbocycles. The summed E-state index contributed by atoms with van der Waals surface area (Å²) in [5.74, 6) is -1.02. The Bertz CT molecular complexity index is 896. The SMILES string of the molecule is C[C@@H](OC(=O)COc1ccccc1C#N)C(=O)Nc1cccc(C#N)c1. The Kier molecular flexibility index (Phi) is 6.30. The minimum absolute atomic E-state index is 0.261. The highest BCUT2D eigenvalue weighted by Crippen LogP contribution is 2.16. The van der Waals surface area contributed by atoms with Gasteiger partial charge in [0.1, 0.15) is 11.8 Å². The Labute approximate surface area is 150 Å². The van der Waals surface area contributed by atoms with E-state index >= 15 is 0 Å². The van der Waals surface area contributed by atoms with Crippen molar-refractivity contribution >= 4 is 17.6 Å². The number of para-hydroxylation sites is 1. The molecule has 0 saturated heterocycles. The largest absolute Gasteiger partial charge is 0.481 e. The maximum atomic E-state index is 12.1. The number of esters is 1. The molecule has 26 heavy (non-hydrogen) atoms. The second kappa shape index (κ2) is 8.86. The summed E-state index contributed by atoms with van der Waals surface area (Å²) >= 11 is 0. The number of ether oxygens (including phenoxy) is 2. The summed E-state index contributed by atoms with van der Waals surface area (Å²) < 4.78 is 10.3. The quantitative estimate of drug-likeness (QED) is 0.801. The number of amides is 1. The van der Waals surface area contributed by atoms with Crippen LogP contribution in [0.15, 0.2) is 48.5 Å². The minimum Gasteiger partial charge on any atom is -0.481 e. The lowest BCUT2D eigenvalue weighted by atomic mass is 10.2. The van der Waals surface area contributed by atoms with Crippen molar-refractivity contribution in [1.29, 1.82) is 10.5 Å². The van der Waals surface area contributed by atoms with Gasteiger partial charge >= 0.3 is 5.97 Å². The van der Waals surface area contributed by atoms with Gasteiger partial charge in [0.25, 0.3) is 5.91 Å². The van der Waals surface area contributed by atoms with Crippen molar-refractivity contribution in [2.75, 3.05) is 11.9 Å². The molecule has 2 rings (SSSR count). The summed E-state index contributed by atoms with van der Waals surface area (Å²) in [5.41, 5.74) is 1.12. The maximum Gasteiger partial charge on any atom is 0.344 e. The fourth-order valence-corrected chi connectivity index (χ4v) is 2.02. The Morgan fingerprint density at radius 2 is 1.88 bits per heavy atom. The van der Waals surface area contributed by atoms with Gasteiger partial charge in [-0.3, -0.25) is 4.79 Å². The molecular weight excluding hydrogens is 334 g/mol. The molecule has 0 spiro atoms. The molecular formula is C19H15N3O4. The lowest BCUT2D eigenvalue weighted by molar-refractivity contribution is -0.155. The number of hydrogen-bond acceptors (Lipinski definition) is 6. The molecule has 2 aromatic rings. The summed E-state index contributed by atoms with van der Waals surface area (Å²) in [6.45, 7) is 0.991. The monoisotopic (exact) mass is 349 g/mol. The summed E-state index contributed by atoms with van der Waals surface area (Å²) in [6.07, 6.45) is -1.05. The molecule has 7 nitrogen and oxygen atoms in total. The van der Waals surface area contributed by atoms with Gasteiger partial charge in [-0.2, -0.15) is 10.5 Å². The molecule has 1 amide bonds. The number of nitrogens with one attached hydrogen (secondary N) is 1. The zero-order valence-corrected chi connectivity index (χ0v) is 13.9. The Balaban J connectivity index is 1.87. The van der Waals surface area contributed by atoms with Crippen LogP contribution in [0.25, 0.3) is 0 Å². The van der Waals surface area contributed by atoms with Crippen molar-refractivity contribution in [3.63, 3.8) is 0 Å². The average Bonchev–Trinajstić information content (AvgIpc) is 2.66. The van der Waals surface area contributed by atoms with E-state index in [1.54, 1.807) is 42.5 Å². The van der Waals surface area contributed by atoms with Crippen LogP contribution in [0.4, 0.5) is 5.69 Å². The predicted octanol–water partition coefficient (Wildman–Crippen LogP) is 2.38. The molecule has 0 aliphatic heterocycles. The van der Waals surface area contributed by atoms with E-state index in [9.17, 15) is 9.59 Å². The summed E-state index contributed by atoms with van der Waals surface area (Å²) in [6, 6.07) is 16.8. The lowest BCUT2D eigenvalue weighted by Crippen LogP contribution is -2.31. The fourth-order valence-electron chi connectivity index (χ4n) is 2.02. The third-order valence-corrected chi connectivity index (χ3v) is 3.29. The Hall–Kier alpha value is -3.84. The number of anilines is 1. The van der Waals surface area contributed by atoms with Crippen molar-refractivity contribution < 1.29 is 19.1 Å². The van der Waals surface area contributed by atoms with Crippen LogP contribution in [-0.4, -0.2) is 24.6 Å². The smallest absolute Gasteiger partial charge is 0.344 e. The molecule has 7 heteroatoms. The molecule has 0 aliphatic rings. The third kappa shape index (κ3) is 5.08. The standard InChI is InChI=1S/C19H15N3O4/c1-13(19(24)22-16-7-4-5-14(9-16)10-20)26-18(23)12-25-17-8-3-2-6-15(17)11-21/h2-9,13H,12H2,1H3,(H,22,24)/t13-/m1/s1. The highest BCUT2D eigenvalue weighted by Gasteiger charge is 2.18. The molecule has 1 N–H and O–H groups in total. The van der Waals surface area contributed by atoms with Gasteiger partial charge in [-0.1, -0.05) is 18.2 Å². The van der Waals surface area contributed by atoms with Crippen LogP contribution in [-0.2, 0) is 14.3 Å². The lowest BCUT2D eigenvalue weighted by Gasteiger charge is -2.14. The molecule has 0 fully saturated rings. The second-order valence-corrected chi connectivity index (χ2v) is 5.21. The molecule has 0 unspecified atom stereocenters. The van der Waals surface area contributed by atoms with Gasteiger partial charge in [0, 0.05) is 5.69 Å². The Morgan fingerprint density at radius 1 is 1.12 bits per heavy atom. The first-order chi connectivity index (χ1) is 12.5. The van der Waals surface area contributed by atoms with Crippen LogP contribution >= 0.6 is 0 Å². The number of nitrogens with zero attached hydrogens (tertiary/aromatic N) is 2. The summed E-state index contributed by atoms with van der Waals surface area (Å²) in [5, 5.41) is 20.4. The van der Waals surface area contributed by atoms with Crippen LogP contribution in [0.2, 0.25) is 0 Å². The molecule has 0 aromatic heterocycles. The third-order valence-electron chi connectivity index (χ3n) is 3.29. The van der Waals surface area contributed by atoms with E-state index in [0.717, 1.165) is 0 Å². The first-order valence-electron chi connectivity index (χ1n) is 7.66. The van der Waals surface area contributed by atoms with Gasteiger partial charge in [0.15, 0.2) is 12.7 Å². The van der Waals surface area contributed by atoms with Crippen molar-refractivity contribution in [3.8, 4) is 17.9 Å². The van der Waals surface area contributed by atoms with Gasteiger partial charge < -0.3 is 14.8 Å². The number of hydrogen-bond donors (Lipinski definition) is 1. The van der Waals surface area contributed by atoms with E-state index in [-0.39, 0.29) is 5.75 Å². The Morgan fingerprint density at radius 3 is 2.62 bits per heavy atom. The van der Waals surface area contributed by atoms with Crippen LogP contribution in [0.1, 0.15) is 18.1 Å². The van der Waals surface area contributed by atoms with Crippen LogP contribution < -0.4 is 10.1 Å². The maximum absolute atomic E-state index is 12.1. The van der Waals surface area contributed by atoms with Gasteiger partial charge in [0.2, 0.25) is 0 Å². The van der Waals surface area contributed by atoms with E-state index < -0.39 is 24.6 Å².